The maximum Gasteiger partial charge on any atom is 0.227 e. The van der Waals surface area contributed by atoms with Gasteiger partial charge in [0.1, 0.15) is 6.61 Å². The van der Waals surface area contributed by atoms with Crippen molar-refractivity contribution in [2.45, 2.75) is 26.5 Å². The van der Waals surface area contributed by atoms with Crippen molar-refractivity contribution >= 4 is 5.91 Å². The number of rotatable bonds is 8. The van der Waals surface area contributed by atoms with E-state index in [-0.39, 0.29) is 5.91 Å². The van der Waals surface area contributed by atoms with Gasteiger partial charge in [-0.3, -0.25) is 4.79 Å². The molecule has 0 saturated heterocycles. The molecule has 0 atom stereocenters. The number of amides is 1. The Balaban J connectivity index is 1.61. The van der Waals surface area contributed by atoms with Crippen LogP contribution in [0.25, 0.3) is 0 Å². The smallest absolute Gasteiger partial charge is 0.227 e. The van der Waals surface area contributed by atoms with Crippen LogP contribution in [-0.4, -0.2) is 25.0 Å². The lowest BCUT2D eigenvalue weighted by Gasteiger charge is -2.19. The van der Waals surface area contributed by atoms with Gasteiger partial charge in [0.15, 0.2) is 11.5 Å². The van der Waals surface area contributed by atoms with Gasteiger partial charge >= 0.3 is 0 Å². The average Bonchev–Trinajstić information content (AvgIpc) is 2.75. The number of carbonyl (C=O) groups excluding carboxylic acids is 1. The standard InChI is InChI=1S/C25H27NO3/c1-19-9-11-20(12-10-19)16-25(27)26(2)17-22-13-14-23(24(15-22)28-3)29-18-21-7-5-4-6-8-21/h4-15H,16-18H2,1-3H3. The number of aryl methyl sites for hydroxylation is 1. The van der Waals surface area contributed by atoms with E-state index >= 15 is 0 Å². The van der Waals surface area contributed by atoms with Crippen molar-refractivity contribution in [3.05, 3.63) is 95.1 Å². The second-order valence-corrected chi connectivity index (χ2v) is 7.17. The van der Waals surface area contributed by atoms with Crippen LogP contribution < -0.4 is 9.47 Å². The van der Waals surface area contributed by atoms with Crippen LogP contribution in [-0.2, 0) is 24.4 Å². The summed E-state index contributed by atoms with van der Waals surface area (Å²) in [6, 6.07) is 23.9. The Kier molecular flexibility index (Phi) is 6.90. The van der Waals surface area contributed by atoms with Crippen LogP contribution in [0.5, 0.6) is 11.5 Å². The molecular weight excluding hydrogens is 362 g/mol. The number of ether oxygens (including phenoxy) is 2. The van der Waals surface area contributed by atoms with E-state index in [0.717, 1.165) is 16.7 Å². The fraction of sp³-hybridized carbons (Fsp3) is 0.240. The van der Waals surface area contributed by atoms with Gasteiger partial charge < -0.3 is 14.4 Å². The molecule has 0 N–H and O–H groups in total. The molecule has 0 bridgehead atoms. The lowest BCUT2D eigenvalue weighted by molar-refractivity contribution is -0.129. The van der Waals surface area contributed by atoms with Gasteiger partial charge in [-0.05, 0) is 35.7 Å². The normalized spacial score (nSPS) is 10.4. The molecule has 0 aromatic heterocycles. The Morgan fingerprint density at radius 3 is 2.24 bits per heavy atom. The molecule has 0 aliphatic rings. The second-order valence-electron chi connectivity index (χ2n) is 7.17. The van der Waals surface area contributed by atoms with Crippen LogP contribution in [0.3, 0.4) is 0 Å². The van der Waals surface area contributed by atoms with Crippen molar-refractivity contribution in [2.75, 3.05) is 14.2 Å². The molecule has 0 heterocycles. The fourth-order valence-electron chi connectivity index (χ4n) is 3.04. The van der Waals surface area contributed by atoms with E-state index in [1.807, 2.05) is 86.8 Å². The summed E-state index contributed by atoms with van der Waals surface area (Å²) in [5, 5.41) is 0. The van der Waals surface area contributed by atoms with Crippen LogP contribution in [0.2, 0.25) is 0 Å². The summed E-state index contributed by atoms with van der Waals surface area (Å²) >= 11 is 0. The summed E-state index contributed by atoms with van der Waals surface area (Å²) < 4.78 is 11.4. The predicted octanol–water partition coefficient (Wildman–Crippen LogP) is 4.78. The van der Waals surface area contributed by atoms with E-state index in [9.17, 15) is 4.79 Å². The fourth-order valence-corrected chi connectivity index (χ4v) is 3.04. The zero-order valence-electron chi connectivity index (χ0n) is 17.2. The Morgan fingerprint density at radius 2 is 1.55 bits per heavy atom. The summed E-state index contributed by atoms with van der Waals surface area (Å²) in [5.41, 5.74) is 4.31. The minimum absolute atomic E-state index is 0.0808. The monoisotopic (exact) mass is 389 g/mol. The van der Waals surface area contributed by atoms with Gasteiger partial charge in [-0.1, -0.05) is 66.2 Å². The van der Waals surface area contributed by atoms with E-state index in [0.29, 0.717) is 31.1 Å². The zero-order chi connectivity index (χ0) is 20.6. The molecular formula is C25H27NO3. The topological polar surface area (TPSA) is 38.8 Å². The number of methoxy groups -OCH3 is 1. The van der Waals surface area contributed by atoms with E-state index in [1.54, 1.807) is 12.0 Å². The van der Waals surface area contributed by atoms with Gasteiger partial charge in [-0.15, -0.1) is 0 Å². The first kappa shape index (κ1) is 20.5. The molecule has 1 amide bonds. The van der Waals surface area contributed by atoms with Crippen molar-refractivity contribution < 1.29 is 14.3 Å². The molecule has 0 spiro atoms. The molecule has 3 aromatic carbocycles. The maximum atomic E-state index is 12.6. The quantitative estimate of drug-likeness (QED) is 0.556. The number of nitrogens with zero attached hydrogens (tertiary/aromatic N) is 1. The summed E-state index contributed by atoms with van der Waals surface area (Å²) in [5.74, 6) is 1.43. The predicted molar refractivity (Wildman–Crippen MR) is 115 cm³/mol. The van der Waals surface area contributed by atoms with Crippen LogP contribution in [0, 0.1) is 6.92 Å². The van der Waals surface area contributed by atoms with E-state index in [1.165, 1.54) is 5.56 Å². The van der Waals surface area contributed by atoms with E-state index in [2.05, 4.69) is 0 Å². The lowest BCUT2D eigenvalue weighted by Crippen LogP contribution is -2.27. The van der Waals surface area contributed by atoms with Gasteiger partial charge in [0, 0.05) is 13.6 Å². The highest BCUT2D eigenvalue weighted by atomic mass is 16.5. The van der Waals surface area contributed by atoms with Crippen molar-refractivity contribution in [3.8, 4) is 11.5 Å². The molecule has 4 nitrogen and oxygen atoms in total. The highest BCUT2D eigenvalue weighted by molar-refractivity contribution is 5.78. The third-order valence-electron chi connectivity index (χ3n) is 4.79. The third kappa shape index (κ3) is 5.85. The molecule has 29 heavy (non-hydrogen) atoms. The molecule has 3 rings (SSSR count). The largest absolute Gasteiger partial charge is 0.493 e. The Morgan fingerprint density at radius 1 is 0.862 bits per heavy atom. The average molecular weight is 389 g/mol. The molecule has 3 aromatic rings. The van der Waals surface area contributed by atoms with Crippen molar-refractivity contribution in [2.24, 2.45) is 0 Å². The number of carbonyl (C=O) groups is 1. The highest BCUT2D eigenvalue weighted by Gasteiger charge is 2.12. The minimum atomic E-state index is 0.0808. The van der Waals surface area contributed by atoms with Gasteiger partial charge in [-0.25, -0.2) is 0 Å². The number of benzene rings is 3. The summed E-state index contributed by atoms with van der Waals surface area (Å²) in [6.07, 6.45) is 0.395. The molecule has 0 saturated carbocycles. The molecule has 0 aliphatic carbocycles. The minimum Gasteiger partial charge on any atom is -0.493 e. The maximum absolute atomic E-state index is 12.6. The Bertz CT molecular complexity index is 936. The number of hydrogen-bond donors (Lipinski definition) is 0. The van der Waals surface area contributed by atoms with Crippen molar-refractivity contribution in [1.82, 2.24) is 4.90 Å². The van der Waals surface area contributed by atoms with Crippen LogP contribution in [0.4, 0.5) is 0 Å². The van der Waals surface area contributed by atoms with E-state index < -0.39 is 0 Å². The van der Waals surface area contributed by atoms with Gasteiger partial charge in [0.05, 0.1) is 13.5 Å². The first-order valence-corrected chi connectivity index (χ1v) is 9.68. The number of likely N-dealkylation sites (N-methyl/N-ethyl adjacent to an activating group) is 1. The third-order valence-corrected chi connectivity index (χ3v) is 4.79. The number of hydrogen-bond acceptors (Lipinski definition) is 3. The molecule has 150 valence electrons. The molecule has 0 radical (unpaired) electrons. The van der Waals surface area contributed by atoms with Crippen molar-refractivity contribution in [3.63, 3.8) is 0 Å². The first-order valence-electron chi connectivity index (χ1n) is 9.68. The lowest BCUT2D eigenvalue weighted by atomic mass is 10.1. The first-order chi connectivity index (χ1) is 14.0. The Hall–Kier alpha value is -3.27. The van der Waals surface area contributed by atoms with Crippen LogP contribution >= 0.6 is 0 Å². The summed E-state index contributed by atoms with van der Waals surface area (Å²) in [6.45, 7) is 3.03. The molecule has 0 aliphatic heterocycles. The molecule has 0 fully saturated rings. The summed E-state index contributed by atoms with van der Waals surface area (Å²) in [4.78, 5) is 14.3. The van der Waals surface area contributed by atoms with Gasteiger partial charge in [-0.2, -0.15) is 0 Å². The van der Waals surface area contributed by atoms with E-state index in [4.69, 9.17) is 9.47 Å². The Labute approximate surface area is 172 Å². The SMILES string of the molecule is COc1cc(CN(C)C(=O)Cc2ccc(C)cc2)ccc1OCc1ccccc1. The molecule has 0 unspecified atom stereocenters. The van der Waals surface area contributed by atoms with Gasteiger partial charge in [0.25, 0.3) is 0 Å². The summed E-state index contributed by atoms with van der Waals surface area (Å²) in [7, 11) is 3.45. The molecule has 4 heteroatoms. The van der Waals surface area contributed by atoms with Gasteiger partial charge in [0.2, 0.25) is 5.91 Å². The second kappa shape index (κ2) is 9.78. The highest BCUT2D eigenvalue weighted by Crippen LogP contribution is 2.29. The van der Waals surface area contributed by atoms with Crippen LogP contribution in [0.1, 0.15) is 22.3 Å². The van der Waals surface area contributed by atoms with Crippen molar-refractivity contribution in [1.29, 1.82) is 0 Å². The van der Waals surface area contributed by atoms with Crippen LogP contribution in [0.15, 0.2) is 72.8 Å². The zero-order valence-corrected chi connectivity index (χ0v) is 17.2.